The summed E-state index contributed by atoms with van der Waals surface area (Å²) in [6.07, 6.45) is 3.61. The molecular weight excluding hydrogens is 150 g/mol. The molecule has 1 rings (SSSR count). The molecule has 0 radical (unpaired) electrons. The van der Waals surface area contributed by atoms with Gasteiger partial charge in [-0.25, -0.2) is 0 Å². The zero-order chi connectivity index (χ0) is 9.19. The lowest BCUT2D eigenvalue weighted by atomic mass is 9.81. The lowest BCUT2D eigenvalue weighted by molar-refractivity contribution is 0.0574. The normalized spacial score (nSPS) is 22.0. The van der Waals surface area contributed by atoms with Crippen LogP contribution in [0.15, 0.2) is 0 Å². The topological polar surface area (TPSA) is 32.3 Å². The minimum absolute atomic E-state index is 0.127. The van der Waals surface area contributed by atoms with E-state index >= 15 is 0 Å². The maximum Gasteiger partial charge on any atom is 0.0692 e. The van der Waals surface area contributed by atoms with Crippen LogP contribution in [-0.4, -0.2) is 23.3 Å². The zero-order valence-electron chi connectivity index (χ0n) is 8.43. The highest BCUT2D eigenvalue weighted by Crippen LogP contribution is 2.29. The van der Waals surface area contributed by atoms with E-state index in [9.17, 15) is 5.11 Å². The molecule has 2 N–H and O–H groups in total. The molecule has 0 amide bonds. The molecule has 1 unspecified atom stereocenters. The van der Waals surface area contributed by atoms with Crippen LogP contribution in [0.5, 0.6) is 0 Å². The number of aliphatic hydroxyl groups is 1. The summed E-state index contributed by atoms with van der Waals surface area (Å²) < 4.78 is 0. The van der Waals surface area contributed by atoms with Crippen LogP contribution in [0.3, 0.4) is 0 Å². The molecule has 0 aliphatic heterocycles. The largest absolute Gasteiger partial charge is 0.392 e. The van der Waals surface area contributed by atoms with Crippen LogP contribution in [0.4, 0.5) is 0 Å². The minimum atomic E-state index is -0.127. The molecule has 1 atom stereocenters. The quantitative estimate of drug-likeness (QED) is 0.675. The first-order valence-corrected chi connectivity index (χ1v) is 4.92. The van der Waals surface area contributed by atoms with E-state index < -0.39 is 0 Å². The summed E-state index contributed by atoms with van der Waals surface area (Å²) in [7, 11) is 0. The Labute approximate surface area is 75.4 Å². The summed E-state index contributed by atoms with van der Waals surface area (Å²) in [6.45, 7) is 7.12. The van der Waals surface area contributed by atoms with Gasteiger partial charge in [-0.05, 0) is 39.5 Å². The van der Waals surface area contributed by atoms with Crippen molar-refractivity contribution in [1.82, 2.24) is 5.32 Å². The highest BCUT2D eigenvalue weighted by Gasteiger charge is 2.26. The Kier molecular flexibility index (Phi) is 3.13. The van der Waals surface area contributed by atoms with Gasteiger partial charge in [-0.15, -0.1) is 0 Å². The molecule has 72 valence electrons. The molecule has 1 saturated carbocycles. The third kappa shape index (κ3) is 3.11. The molecular formula is C10H21NO. The van der Waals surface area contributed by atoms with Crippen molar-refractivity contribution in [2.45, 2.75) is 51.7 Å². The molecule has 1 aliphatic rings. The van der Waals surface area contributed by atoms with Gasteiger partial charge in [0.1, 0.15) is 0 Å². The molecule has 0 aromatic rings. The van der Waals surface area contributed by atoms with Gasteiger partial charge in [0.2, 0.25) is 0 Å². The number of hydrogen-bond donors (Lipinski definition) is 2. The van der Waals surface area contributed by atoms with Gasteiger partial charge in [0.15, 0.2) is 0 Å². The standard InChI is InChI=1S/C10H21NO/c1-10(2,3)11-7-9(12)8-5-4-6-8/h8-9,11-12H,4-7H2,1-3H3. The van der Waals surface area contributed by atoms with Crippen molar-refractivity contribution in [2.75, 3.05) is 6.54 Å². The van der Waals surface area contributed by atoms with Gasteiger partial charge in [0.25, 0.3) is 0 Å². The van der Waals surface area contributed by atoms with Crippen LogP contribution in [-0.2, 0) is 0 Å². The third-order valence-electron chi connectivity index (χ3n) is 2.54. The molecule has 0 bridgehead atoms. The van der Waals surface area contributed by atoms with Crippen molar-refractivity contribution < 1.29 is 5.11 Å². The molecule has 0 aromatic carbocycles. The highest BCUT2D eigenvalue weighted by molar-refractivity contribution is 4.81. The number of hydrogen-bond acceptors (Lipinski definition) is 2. The Morgan fingerprint density at radius 3 is 2.33 bits per heavy atom. The molecule has 0 spiro atoms. The Balaban J connectivity index is 2.13. The van der Waals surface area contributed by atoms with Crippen molar-refractivity contribution in [3.63, 3.8) is 0 Å². The van der Waals surface area contributed by atoms with Crippen molar-refractivity contribution in [3.8, 4) is 0 Å². The van der Waals surface area contributed by atoms with Crippen molar-refractivity contribution in [2.24, 2.45) is 5.92 Å². The number of nitrogens with one attached hydrogen (secondary N) is 1. The molecule has 1 aliphatic carbocycles. The third-order valence-corrected chi connectivity index (χ3v) is 2.54. The SMILES string of the molecule is CC(C)(C)NCC(O)C1CCC1. The molecule has 0 aromatic heterocycles. The van der Waals surface area contributed by atoms with E-state index in [4.69, 9.17) is 0 Å². The smallest absolute Gasteiger partial charge is 0.0692 e. The summed E-state index contributed by atoms with van der Waals surface area (Å²) in [6, 6.07) is 0. The molecule has 2 heteroatoms. The number of aliphatic hydroxyl groups excluding tert-OH is 1. The Morgan fingerprint density at radius 2 is 2.00 bits per heavy atom. The van der Waals surface area contributed by atoms with E-state index in [-0.39, 0.29) is 11.6 Å². The van der Waals surface area contributed by atoms with Crippen molar-refractivity contribution >= 4 is 0 Å². The molecule has 0 heterocycles. The summed E-state index contributed by atoms with van der Waals surface area (Å²) in [5.74, 6) is 0.569. The fraction of sp³-hybridized carbons (Fsp3) is 1.00. The van der Waals surface area contributed by atoms with E-state index in [0.717, 1.165) is 6.54 Å². The van der Waals surface area contributed by atoms with Crippen LogP contribution in [0.25, 0.3) is 0 Å². The number of rotatable bonds is 3. The van der Waals surface area contributed by atoms with E-state index in [1.807, 2.05) is 0 Å². The molecule has 2 nitrogen and oxygen atoms in total. The van der Waals surface area contributed by atoms with Gasteiger partial charge in [-0.3, -0.25) is 0 Å². The average Bonchev–Trinajstić information content (AvgIpc) is 1.78. The molecule has 12 heavy (non-hydrogen) atoms. The summed E-state index contributed by atoms with van der Waals surface area (Å²) in [4.78, 5) is 0. The van der Waals surface area contributed by atoms with Crippen molar-refractivity contribution in [1.29, 1.82) is 0 Å². The molecule has 1 fully saturated rings. The second-order valence-electron chi connectivity index (χ2n) is 4.89. The van der Waals surface area contributed by atoms with Crippen LogP contribution >= 0.6 is 0 Å². The maximum atomic E-state index is 9.67. The van der Waals surface area contributed by atoms with Gasteiger partial charge >= 0.3 is 0 Å². The first-order valence-electron chi connectivity index (χ1n) is 4.92. The monoisotopic (exact) mass is 171 g/mol. The summed E-state index contributed by atoms with van der Waals surface area (Å²) in [5, 5.41) is 13.0. The van der Waals surface area contributed by atoms with Crippen LogP contribution in [0.1, 0.15) is 40.0 Å². The highest BCUT2D eigenvalue weighted by atomic mass is 16.3. The van der Waals surface area contributed by atoms with E-state index in [1.165, 1.54) is 19.3 Å². The lowest BCUT2D eigenvalue weighted by Gasteiger charge is -2.32. The van der Waals surface area contributed by atoms with Gasteiger partial charge in [0, 0.05) is 12.1 Å². The summed E-state index contributed by atoms with van der Waals surface area (Å²) in [5.41, 5.74) is 0.130. The van der Waals surface area contributed by atoms with E-state index in [2.05, 4.69) is 26.1 Å². The maximum absolute atomic E-state index is 9.67. The van der Waals surface area contributed by atoms with Gasteiger partial charge in [0.05, 0.1) is 6.10 Å². The van der Waals surface area contributed by atoms with Crippen LogP contribution < -0.4 is 5.32 Å². The Morgan fingerprint density at radius 1 is 1.42 bits per heavy atom. The van der Waals surface area contributed by atoms with Gasteiger partial charge < -0.3 is 10.4 Å². The Hall–Kier alpha value is -0.0800. The fourth-order valence-electron chi connectivity index (χ4n) is 1.40. The molecule has 0 saturated heterocycles. The average molecular weight is 171 g/mol. The summed E-state index contributed by atoms with van der Waals surface area (Å²) >= 11 is 0. The van der Waals surface area contributed by atoms with Crippen LogP contribution in [0, 0.1) is 5.92 Å². The van der Waals surface area contributed by atoms with Gasteiger partial charge in [-0.1, -0.05) is 6.42 Å². The first kappa shape index (κ1) is 10.0. The second kappa shape index (κ2) is 3.75. The minimum Gasteiger partial charge on any atom is -0.392 e. The fourth-order valence-corrected chi connectivity index (χ4v) is 1.40. The Bertz CT molecular complexity index is 135. The predicted molar refractivity (Wildman–Crippen MR) is 51.1 cm³/mol. The van der Waals surface area contributed by atoms with Gasteiger partial charge in [-0.2, -0.15) is 0 Å². The van der Waals surface area contributed by atoms with E-state index in [0.29, 0.717) is 5.92 Å². The van der Waals surface area contributed by atoms with Crippen LogP contribution in [0.2, 0.25) is 0 Å². The number of β-amino-alcohol motifs (C(OH)–C–C–N with tert-alkyl or cyclic N) is 1. The first-order chi connectivity index (χ1) is 5.49. The zero-order valence-corrected chi connectivity index (χ0v) is 8.43. The van der Waals surface area contributed by atoms with Crippen molar-refractivity contribution in [3.05, 3.63) is 0 Å². The second-order valence-corrected chi connectivity index (χ2v) is 4.89. The van der Waals surface area contributed by atoms with E-state index in [1.54, 1.807) is 0 Å². The predicted octanol–water partition coefficient (Wildman–Crippen LogP) is 1.54. The lowest BCUT2D eigenvalue weighted by Crippen LogP contribution is -2.44.